The first kappa shape index (κ1) is 16.4. The molecule has 0 amide bonds. The van der Waals surface area contributed by atoms with Crippen LogP contribution in [-0.2, 0) is 14.2 Å². The number of carbonyl (C=O) groups excluding carboxylic acids is 1. The number of non-ortho nitro benzene ring substituents is 1. The normalized spacial score (nSPS) is 19.8. The van der Waals surface area contributed by atoms with Gasteiger partial charge in [0.15, 0.2) is 5.79 Å². The molecule has 0 aromatic heterocycles. The lowest BCUT2D eigenvalue weighted by Gasteiger charge is -2.16. The quantitative estimate of drug-likeness (QED) is 0.347. The Balaban J connectivity index is 1.70. The molecule has 120 valence electrons. The van der Waals surface area contributed by atoms with Crippen LogP contribution in [0.5, 0.6) is 0 Å². The summed E-state index contributed by atoms with van der Waals surface area (Å²) in [5.41, 5.74) is 0.240. The molecular weight excluding hydrogens is 290 g/mol. The maximum atomic E-state index is 11.8. The van der Waals surface area contributed by atoms with Gasteiger partial charge in [-0.2, -0.15) is 0 Å². The van der Waals surface area contributed by atoms with Gasteiger partial charge in [0.1, 0.15) is 0 Å². The summed E-state index contributed by atoms with van der Waals surface area (Å²) in [6.45, 7) is 4.54. The largest absolute Gasteiger partial charge is 0.462 e. The summed E-state index contributed by atoms with van der Waals surface area (Å²) in [5, 5.41) is 10.5. The van der Waals surface area contributed by atoms with Crippen LogP contribution in [0.1, 0.15) is 37.0 Å². The molecule has 1 heterocycles. The molecule has 0 unspecified atom stereocenters. The molecule has 7 nitrogen and oxygen atoms in total. The summed E-state index contributed by atoms with van der Waals surface area (Å²) in [6.07, 6.45) is 1.44. The second kappa shape index (κ2) is 6.85. The predicted octanol–water partition coefficient (Wildman–Crippen LogP) is 2.68. The highest BCUT2D eigenvalue weighted by molar-refractivity contribution is 5.89. The summed E-state index contributed by atoms with van der Waals surface area (Å²) >= 11 is 0. The van der Waals surface area contributed by atoms with Gasteiger partial charge >= 0.3 is 5.97 Å². The molecule has 0 spiro atoms. The predicted molar refractivity (Wildman–Crippen MR) is 77.5 cm³/mol. The zero-order valence-electron chi connectivity index (χ0n) is 12.6. The Bertz CT molecular complexity index is 539. The molecule has 0 saturated carbocycles. The zero-order chi connectivity index (χ0) is 16.2. The van der Waals surface area contributed by atoms with Gasteiger partial charge in [-0.3, -0.25) is 10.1 Å². The molecule has 1 aliphatic rings. The average Bonchev–Trinajstić information content (AvgIpc) is 2.83. The number of carbonyl (C=O) groups is 1. The average molecular weight is 309 g/mol. The van der Waals surface area contributed by atoms with Crippen molar-refractivity contribution in [2.75, 3.05) is 13.2 Å². The Morgan fingerprint density at radius 3 is 2.64 bits per heavy atom. The lowest BCUT2D eigenvalue weighted by atomic mass is 10.2. The van der Waals surface area contributed by atoms with Crippen LogP contribution in [0.2, 0.25) is 0 Å². The van der Waals surface area contributed by atoms with Crippen molar-refractivity contribution in [1.82, 2.24) is 0 Å². The van der Waals surface area contributed by atoms with E-state index < -0.39 is 16.7 Å². The summed E-state index contributed by atoms with van der Waals surface area (Å²) in [5.74, 6) is -1.03. The molecular formula is C15H19NO6. The summed E-state index contributed by atoms with van der Waals surface area (Å²) in [7, 11) is 0. The molecule has 0 N–H and O–H groups in total. The Hall–Kier alpha value is -1.99. The van der Waals surface area contributed by atoms with Gasteiger partial charge < -0.3 is 14.2 Å². The van der Waals surface area contributed by atoms with Gasteiger partial charge in [0.05, 0.1) is 29.8 Å². The van der Waals surface area contributed by atoms with Gasteiger partial charge in [0.2, 0.25) is 0 Å². The minimum Gasteiger partial charge on any atom is -0.462 e. The molecule has 7 heteroatoms. The molecule has 22 heavy (non-hydrogen) atoms. The molecule has 0 bridgehead atoms. The van der Waals surface area contributed by atoms with Crippen molar-refractivity contribution in [3.8, 4) is 0 Å². The summed E-state index contributed by atoms with van der Waals surface area (Å²) in [6, 6.07) is 5.33. The number of nitro benzene ring substituents is 1. The molecule has 1 aliphatic heterocycles. The van der Waals surface area contributed by atoms with E-state index in [0.717, 1.165) is 6.42 Å². The Labute approximate surface area is 128 Å². The monoisotopic (exact) mass is 309 g/mol. The molecule has 1 fully saturated rings. The van der Waals surface area contributed by atoms with Crippen molar-refractivity contribution in [1.29, 1.82) is 0 Å². The Morgan fingerprint density at radius 2 is 2.09 bits per heavy atom. The minimum absolute atomic E-state index is 0.0214. The van der Waals surface area contributed by atoms with Crippen LogP contribution in [0, 0.1) is 10.1 Å². The fourth-order valence-electron chi connectivity index (χ4n) is 2.18. The molecule has 1 aromatic carbocycles. The first-order chi connectivity index (χ1) is 10.4. The third-order valence-electron chi connectivity index (χ3n) is 3.28. The molecule has 1 aromatic rings. The molecule has 0 radical (unpaired) electrons. The topological polar surface area (TPSA) is 87.9 Å². The third kappa shape index (κ3) is 4.51. The van der Waals surface area contributed by atoms with Gasteiger partial charge in [-0.1, -0.05) is 0 Å². The fourth-order valence-corrected chi connectivity index (χ4v) is 2.18. The Morgan fingerprint density at radius 1 is 1.41 bits per heavy atom. The van der Waals surface area contributed by atoms with Gasteiger partial charge in [0.25, 0.3) is 5.69 Å². The second-order valence-corrected chi connectivity index (χ2v) is 5.53. The van der Waals surface area contributed by atoms with Gasteiger partial charge in [0, 0.05) is 12.1 Å². The number of esters is 1. The smallest absolute Gasteiger partial charge is 0.338 e. The highest BCUT2D eigenvalue weighted by atomic mass is 16.7. The van der Waals surface area contributed by atoms with Crippen LogP contribution in [-0.4, -0.2) is 36.0 Å². The third-order valence-corrected chi connectivity index (χ3v) is 3.28. The highest BCUT2D eigenvalue weighted by Crippen LogP contribution is 2.24. The number of rotatable bonds is 6. The van der Waals surface area contributed by atoms with E-state index in [0.29, 0.717) is 18.6 Å². The maximum Gasteiger partial charge on any atom is 0.338 e. The first-order valence-corrected chi connectivity index (χ1v) is 7.11. The van der Waals surface area contributed by atoms with E-state index >= 15 is 0 Å². The molecule has 1 atom stereocenters. The number of hydrogen-bond donors (Lipinski definition) is 0. The van der Waals surface area contributed by atoms with E-state index in [4.69, 9.17) is 14.2 Å². The van der Waals surface area contributed by atoms with E-state index in [2.05, 4.69) is 0 Å². The number of benzene rings is 1. The van der Waals surface area contributed by atoms with Gasteiger partial charge in [-0.25, -0.2) is 4.79 Å². The van der Waals surface area contributed by atoms with Crippen molar-refractivity contribution in [2.45, 2.75) is 38.6 Å². The van der Waals surface area contributed by atoms with E-state index in [-0.39, 0.29) is 18.4 Å². The molecule has 0 aliphatic carbocycles. The molecule has 2 rings (SSSR count). The lowest BCUT2D eigenvalue weighted by Crippen LogP contribution is -2.21. The van der Waals surface area contributed by atoms with E-state index in [9.17, 15) is 14.9 Å². The van der Waals surface area contributed by atoms with Crippen LogP contribution in [0.25, 0.3) is 0 Å². The van der Waals surface area contributed by atoms with Crippen LogP contribution < -0.4 is 0 Å². The maximum absolute atomic E-state index is 11.8. The van der Waals surface area contributed by atoms with Crippen molar-refractivity contribution in [2.24, 2.45) is 0 Å². The zero-order valence-corrected chi connectivity index (χ0v) is 12.6. The summed E-state index contributed by atoms with van der Waals surface area (Å²) in [4.78, 5) is 21.8. The number of ether oxygens (including phenoxy) is 3. The Kier molecular flexibility index (Phi) is 5.10. The van der Waals surface area contributed by atoms with Crippen molar-refractivity contribution < 1.29 is 23.9 Å². The number of nitro groups is 1. The highest BCUT2D eigenvalue weighted by Gasteiger charge is 2.32. The first-order valence-electron chi connectivity index (χ1n) is 7.11. The van der Waals surface area contributed by atoms with Crippen molar-refractivity contribution >= 4 is 11.7 Å². The molecule has 1 saturated heterocycles. The van der Waals surface area contributed by atoms with Crippen LogP contribution in [0.4, 0.5) is 5.69 Å². The van der Waals surface area contributed by atoms with Crippen molar-refractivity contribution in [3.05, 3.63) is 39.9 Å². The second-order valence-electron chi connectivity index (χ2n) is 5.53. The van der Waals surface area contributed by atoms with Gasteiger partial charge in [-0.05, 0) is 38.8 Å². The van der Waals surface area contributed by atoms with Crippen LogP contribution in [0.3, 0.4) is 0 Å². The number of nitrogens with zero attached hydrogens (tertiary/aromatic N) is 1. The van der Waals surface area contributed by atoms with Crippen LogP contribution in [0.15, 0.2) is 24.3 Å². The summed E-state index contributed by atoms with van der Waals surface area (Å²) < 4.78 is 16.2. The van der Waals surface area contributed by atoms with E-state index in [1.807, 2.05) is 13.8 Å². The van der Waals surface area contributed by atoms with Gasteiger partial charge in [-0.15, -0.1) is 0 Å². The SMILES string of the molecule is CC1(C)OC[C@@H](CCCOC(=O)c2ccc([N+](=O)[O-])cc2)O1. The minimum atomic E-state index is -0.542. The van der Waals surface area contributed by atoms with E-state index in [1.165, 1.54) is 24.3 Å². The number of hydrogen-bond acceptors (Lipinski definition) is 6. The van der Waals surface area contributed by atoms with E-state index in [1.54, 1.807) is 0 Å². The fraction of sp³-hybridized carbons (Fsp3) is 0.533. The standard InChI is InChI=1S/C15H19NO6/c1-15(2)21-10-13(22-15)4-3-9-20-14(17)11-5-7-12(8-6-11)16(18)19/h5-8,13H,3-4,9-10H2,1-2H3/t13-/m1/s1. The van der Waals surface area contributed by atoms with Crippen LogP contribution >= 0.6 is 0 Å². The van der Waals surface area contributed by atoms with Crippen molar-refractivity contribution in [3.63, 3.8) is 0 Å². The lowest BCUT2D eigenvalue weighted by molar-refractivity contribution is -0.384.